The number of carbonyl (C=O) groups excluding carboxylic acids is 2. The van der Waals surface area contributed by atoms with E-state index in [2.05, 4.69) is 0 Å². The van der Waals surface area contributed by atoms with Crippen molar-refractivity contribution in [2.75, 3.05) is 14.2 Å². The van der Waals surface area contributed by atoms with Gasteiger partial charge in [-0.3, -0.25) is 14.1 Å². The number of phenols is 4. The van der Waals surface area contributed by atoms with E-state index in [0.717, 1.165) is 24.3 Å². The molecule has 0 aromatic heterocycles. The molecule has 2 atom stereocenters. The number of aromatic hydroxyl groups is 4. The second-order valence-corrected chi connectivity index (χ2v) is 13.1. The number of aldehydes is 2. The van der Waals surface area contributed by atoms with Gasteiger partial charge in [0.15, 0.2) is 34.7 Å². The van der Waals surface area contributed by atoms with E-state index in [0.29, 0.717) is 29.4 Å². The van der Waals surface area contributed by atoms with Gasteiger partial charge >= 0.3 is 139 Å². The maximum absolute atomic E-state index is 10.6. The molecular weight excluding hydrogens is 933 g/mol. The molecule has 0 saturated heterocycles. The number of aliphatic hydroxyl groups is 2. The predicted molar refractivity (Wildman–Crippen MR) is 189 cm³/mol. The number of hydrogen-bond acceptors (Lipinski definition) is 21. The van der Waals surface area contributed by atoms with E-state index in [1.807, 2.05) is 0 Å². The van der Waals surface area contributed by atoms with Gasteiger partial charge in [0.25, 0.3) is 10.1 Å². The standard InChI is InChI=1S/C8H10O6S.C8H8O3.C7H8O5S.C7H6O2.4Na.2O3S.2H/c1-14-7-4-5(2-3-6(7)9)8(10)15(11,12)13;1-11-8-4-6(5-9)2-3-7(8)10;8-6-4-2-1-3-5(6)7(9)13(10,11)12;8-5-6-3-1-2-4-7(6)9;;;;;2*1-4(2)3;;/h2-4,8-10H,1H3,(H,11,12,13);2-5,10H,1H3;1-4,7-9H,(H,10,11,12);1-5,9H;;;;;;;;/q;;;;4*+1;;;2*-1/p-1. The molecule has 0 aliphatic rings. The van der Waals surface area contributed by atoms with E-state index in [1.54, 1.807) is 18.2 Å². The van der Waals surface area contributed by atoms with Crippen molar-refractivity contribution in [1.29, 1.82) is 0 Å². The molecule has 312 valence electrons. The molecule has 7 N–H and O–H groups in total. The number of hydrogen-bond donors (Lipinski definition) is 7. The molecule has 4 rings (SSSR count). The summed E-state index contributed by atoms with van der Waals surface area (Å²) in [6.07, 6.45) is 1.32. The molecule has 30 heteroatoms. The average Bonchev–Trinajstić information content (AvgIpc) is 3.11. The Morgan fingerprint density at radius 3 is 1.35 bits per heavy atom. The maximum Gasteiger partial charge on any atom is 1.00 e. The van der Waals surface area contributed by atoms with Gasteiger partial charge in [-0.05, 0) is 48.5 Å². The first-order chi connectivity index (χ1) is 25.9. The molecule has 22 nitrogen and oxygen atoms in total. The first-order valence-corrected chi connectivity index (χ1v) is 18.9. The summed E-state index contributed by atoms with van der Waals surface area (Å²) in [4.78, 5) is 20.3. The van der Waals surface area contributed by atoms with E-state index in [9.17, 15) is 41.2 Å². The number of methoxy groups -OCH3 is 2. The van der Waals surface area contributed by atoms with E-state index in [4.69, 9.17) is 59.7 Å². The Morgan fingerprint density at radius 1 is 0.600 bits per heavy atom. The zero-order valence-corrected chi connectivity index (χ0v) is 43.5. The molecule has 0 aliphatic heterocycles. The Bertz CT molecular complexity index is 2320. The number of para-hydroxylation sites is 2. The van der Waals surface area contributed by atoms with Crippen molar-refractivity contribution in [2.45, 2.75) is 10.9 Å². The topological polar surface area (TPSA) is 388 Å². The molecule has 0 spiro atoms. The van der Waals surface area contributed by atoms with Crippen LogP contribution in [0.1, 0.15) is 45.6 Å². The maximum atomic E-state index is 10.6. The van der Waals surface area contributed by atoms with Crippen LogP contribution in [0.25, 0.3) is 0 Å². The summed E-state index contributed by atoms with van der Waals surface area (Å²) in [5, 5.41) is 54.4. The fourth-order valence-electron chi connectivity index (χ4n) is 3.23. The van der Waals surface area contributed by atoms with Crippen molar-refractivity contribution in [3.63, 3.8) is 0 Å². The molecule has 60 heavy (non-hydrogen) atoms. The van der Waals surface area contributed by atoms with Gasteiger partial charge in [0, 0.05) is 16.7 Å². The SMILES string of the molecule is COc1cc(C(O)S(=O)(=O)O)ccc1O.COc1cc(C=O)ccc1O.O=Cc1ccccc1O.O=S(=O)([O-])C(O)c1ccccc1O.O=S(=O)=O.O=S(=O)=O.[H-].[H-].[Na+].[Na+].[Na+].[Na+]. The minimum absolute atomic E-state index is 0. The quantitative estimate of drug-likeness (QED) is 0.0490. The number of aliphatic hydroxyl groups excluding tert-OH is 2. The minimum atomic E-state index is -4.83. The molecule has 0 saturated carbocycles. The van der Waals surface area contributed by atoms with Crippen LogP contribution >= 0.6 is 0 Å². The molecule has 0 bridgehead atoms. The van der Waals surface area contributed by atoms with Crippen molar-refractivity contribution in [3.8, 4) is 34.5 Å². The van der Waals surface area contributed by atoms with Gasteiger partial charge in [0.2, 0.25) is 5.44 Å². The summed E-state index contributed by atoms with van der Waals surface area (Å²) in [7, 11) is -12.9. The fourth-order valence-corrected chi connectivity index (χ4v) is 4.23. The zero-order valence-electron chi connectivity index (χ0n) is 34.3. The van der Waals surface area contributed by atoms with Gasteiger partial charge in [0.1, 0.15) is 27.9 Å². The first-order valence-electron chi connectivity index (χ1n) is 13.9. The number of ether oxygens (including phenoxy) is 2. The van der Waals surface area contributed by atoms with Crippen LogP contribution in [-0.4, -0.2) is 109 Å². The second-order valence-electron chi connectivity index (χ2n) is 9.34. The molecule has 0 heterocycles. The molecule has 0 fully saturated rings. The molecule has 4 aromatic carbocycles. The Labute approximate surface area is 437 Å². The summed E-state index contributed by atoms with van der Waals surface area (Å²) in [6, 6.07) is 19.5. The second kappa shape index (κ2) is 36.5. The van der Waals surface area contributed by atoms with Crippen molar-refractivity contribution in [1.82, 2.24) is 0 Å². The largest absolute Gasteiger partial charge is 1.00 e. The van der Waals surface area contributed by atoms with Gasteiger partial charge in [-0.15, -0.1) is 25.3 Å². The van der Waals surface area contributed by atoms with Crippen molar-refractivity contribution in [2.24, 2.45) is 0 Å². The van der Waals surface area contributed by atoms with E-state index < -0.39 is 58.1 Å². The minimum Gasteiger partial charge on any atom is -1.00 e. The van der Waals surface area contributed by atoms with Crippen LogP contribution in [0.4, 0.5) is 0 Å². The number of phenolic OH excluding ortho intramolecular Hbond substituents is 4. The molecule has 2 unspecified atom stereocenters. The van der Waals surface area contributed by atoms with E-state index >= 15 is 0 Å². The molecule has 0 aliphatic carbocycles. The number of rotatable bonds is 8. The van der Waals surface area contributed by atoms with Crippen LogP contribution < -0.4 is 128 Å². The Hall–Kier alpha value is -2.00. The molecule has 4 aromatic rings. The average molecular weight is 966 g/mol. The van der Waals surface area contributed by atoms with Crippen LogP contribution in [0.5, 0.6) is 34.5 Å². The first kappa shape index (κ1) is 69.7. The summed E-state index contributed by atoms with van der Waals surface area (Å²) >= 11 is 0. The normalized spacial score (nSPS) is 10.2. The van der Waals surface area contributed by atoms with E-state index in [-0.39, 0.29) is 155 Å². The van der Waals surface area contributed by atoms with Gasteiger partial charge in [-0.25, -0.2) is 8.42 Å². The molecule has 0 radical (unpaired) electrons. The Balaban J connectivity index is -0.0000000966. The molecule has 0 amide bonds. The van der Waals surface area contributed by atoms with Gasteiger partial charge in [0.05, 0.1) is 19.8 Å². The summed E-state index contributed by atoms with van der Waals surface area (Å²) in [5.74, 6) is -0.214. The van der Waals surface area contributed by atoms with E-state index in [1.165, 1.54) is 56.7 Å². The van der Waals surface area contributed by atoms with Gasteiger partial charge < -0.3 is 47.5 Å². The number of carbonyl (C=O) groups is 2. The summed E-state index contributed by atoms with van der Waals surface area (Å²) in [6.45, 7) is 0. The summed E-state index contributed by atoms with van der Waals surface area (Å²) in [5.41, 5.74) is -3.84. The smallest absolute Gasteiger partial charge is 1.00 e. The van der Waals surface area contributed by atoms with Crippen molar-refractivity contribution in [3.05, 3.63) is 107 Å². The fraction of sp³-hybridized carbons (Fsp3) is 0.133. The third kappa shape index (κ3) is 30.9. The Morgan fingerprint density at radius 2 is 1.00 bits per heavy atom. The van der Waals surface area contributed by atoms with Crippen LogP contribution in [-0.2, 0) is 41.5 Å². The predicted octanol–water partition coefficient (Wildman–Crippen LogP) is -11.1. The van der Waals surface area contributed by atoms with Crippen LogP contribution in [0.15, 0.2) is 84.9 Å². The van der Waals surface area contributed by atoms with Crippen LogP contribution in [0, 0.1) is 0 Å². The van der Waals surface area contributed by atoms with Crippen LogP contribution in [0.3, 0.4) is 0 Å². The monoisotopic (exact) mass is 965 g/mol. The van der Waals surface area contributed by atoms with Crippen LogP contribution in [0.2, 0.25) is 0 Å². The molecular formula is C30H33Na4O22S4+. The Kier molecular flexibility index (Phi) is 42.4. The van der Waals surface area contributed by atoms with Gasteiger partial charge in [-0.2, -0.15) is 8.42 Å². The van der Waals surface area contributed by atoms with Crippen molar-refractivity contribution < 1.29 is 222 Å². The third-order valence-electron chi connectivity index (χ3n) is 5.65. The van der Waals surface area contributed by atoms with Gasteiger partial charge in [-0.1, -0.05) is 36.4 Å². The zero-order chi connectivity index (χ0) is 43.8. The number of benzene rings is 4. The van der Waals surface area contributed by atoms with Crippen molar-refractivity contribution >= 4 is 54.0 Å². The third-order valence-corrected chi connectivity index (χ3v) is 7.29. The summed E-state index contributed by atoms with van der Waals surface area (Å²) < 4.78 is 121.